The smallest absolute Gasteiger partial charge is 0.223 e. The van der Waals surface area contributed by atoms with Crippen LogP contribution in [0.3, 0.4) is 0 Å². The first-order valence-electron chi connectivity index (χ1n) is 9.04. The standard InChI is InChI=1S/C20H32N2O/c1-15(2)19(16(3)4)21-20(23)18-10-12-22(13-11-18)14-17-8-6-5-7-9-17/h5-9,15-16,18-19H,10-14H2,1-4H3,(H,21,23). The Morgan fingerprint density at radius 3 is 2.17 bits per heavy atom. The molecule has 0 bridgehead atoms. The van der Waals surface area contributed by atoms with Crippen LogP contribution in [0.5, 0.6) is 0 Å². The van der Waals surface area contributed by atoms with Crippen molar-refractivity contribution in [1.29, 1.82) is 0 Å². The third-order valence-corrected chi connectivity index (χ3v) is 4.95. The van der Waals surface area contributed by atoms with Gasteiger partial charge in [0.15, 0.2) is 0 Å². The number of benzene rings is 1. The lowest BCUT2D eigenvalue weighted by atomic mass is 9.90. The van der Waals surface area contributed by atoms with E-state index in [0.717, 1.165) is 32.5 Å². The maximum atomic E-state index is 12.6. The third-order valence-electron chi connectivity index (χ3n) is 4.95. The summed E-state index contributed by atoms with van der Waals surface area (Å²) in [4.78, 5) is 15.0. The number of carbonyl (C=O) groups is 1. The van der Waals surface area contributed by atoms with Gasteiger partial charge in [0.05, 0.1) is 0 Å². The molecule has 2 rings (SSSR count). The van der Waals surface area contributed by atoms with Gasteiger partial charge in [0.2, 0.25) is 5.91 Å². The molecule has 0 spiro atoms. The Kier molecular flexibility index (Phi) is 6.64. The number of likely N-dealkylation sites (tertiary alicyclic amines) is 1. The summed E-state index contributed by atoms with van der Waals surface area (Å²) < 4.78 is 0. The van der Waals surface area contributed by atoms with Crippen LogP contribution in [0.2, 0.25) is 0 Å². The van der Waals surface area contributed by atoms with Crippen LogP contribution in [0.4, 0.5) is 0 Å². The molecule has 1 fully saturated rings. The maximum absolute atomic E-state index is 12.6. The molecule has 1 saturated heterocycles. The molecule has 23 heavy (non-hydrogen) atoms. The van der Waals surface area contributed by atoms with Gasteiger partial charge in [0, 0.05) is 18.5 Å². The van der Waals surface area contributed by atoms with E-state index in [1.165, 1.54) is 5.56 Å². The Balaban J connectivity index is 1.80. The lowest BCUT2D eigenvalue weighted by Crippen LogP contribution is -2.47. The second-order valence-corrected chi connectivity index (χ2v) is 7.56. The Morgan fingerprint density at radius 2 is 1.65 bits per heavy atom. The summed E-state index contributed by atoms with van der Waals surface area (Å²) in [5, 5.41) is 3.29. The highest BCUT2D eigenvalue weighted by atomic mass is 16.2. The number of nitrogens with zero attached hydrogens (tertiary/aromatic N) is 1. The summed E-state index contributed by atoms with van der Waals surface area (Å²) in [5.74, 6) is 1.41. The first-order valence-corrected chi connectivity index (χ1v) is 9.04. The minimum atomic E-state index is 0.182. The summed E-state index contributed by atoms with van der Waals surface area (Å²) >= 11 is 0. The van der Waals surface area contributed by atoms with Gasteiger partial charge in [-0.2, -0.15) is 0 Å². The summed E-state index contributed by atoms with van der Waals surface area (Å²) in [6.07, 6.45) is 1.95. The fraction of sp³-hybridized carbons (Fsp3) is 0.650. The Hall–Kier alpha value is -1.35. The molecule has 1 aromatic rings. The number of piperidine rings is 1. The van der Waals surface area contributed by atoms with Gasteiger partial charge in [0.1, 0.15) is 0 Å². The van der Waals surface area contributed by atoms with Crippen molar-refractivity contribution in [2.24, 2.45) is 17.8 Å². The van der Waals surface area contributed by atoms with Crippen LogP contribution < -0.4 is 5.32 Å². The van der Waals surface area contributed by atoms with Gasteiger partial charge in [-0.25, -0.2) is 0 Å². The van der Waals surface area contributed by atoms with Crippen molar-refractivity contribution in [3.63, 3.8) is 0 Å². The minimum absolute atomic E-state index is 0.182. The lowest BCUT2D eigenvalue weighted by Gasteiger charge is -2.33. The van der Waals surface area contributed by atoms with E-state index in [1.807, 2.05) is 0 Å². The van der Waals surface area contributed by atoms with E-state index in [1.54, 1.807) is 0 Å². The van der Waals surface area contributed by atoms with Crippen LogP contribution in [0, 0.1) is 17.8 Å². The van der Waals surface area contributed by atoms with E-state index in [9.17, 15) is 4.79 Å². The predicted molar refractivity (Wildman–Crippen MR) is 96.0 cm³/mol. The Labute approximate surface area is 141 Å². The van der Waals surface area contributed by atoms with Crippen LogP contribution in [0.15, 0.2) is 30.3 Å². The topological polar surface area (TPSA) is 32.3 Å². The highest BCUT2D eigenvalue weighted by molar-refractivity contribution is 5.79. The monoisotopic (exact) mass is 316 g/mol. The average molecular weight is 316 g/mol. The molecular formula is C20H32N2O. The molecular weight excluding hydrogens is 284 g/mol. The van der Waals surface area contributed by atoms with E-state index in [0.29, 0.717) is 11.8 Å². The molecule has 128 valence electrons. The van der Waals surface area contributed by atoms with Crippen LogP contribution in [0.1, 0.15) is 46.1 Å². The van der Waals surface area contributed by atoms with E-state index >= 15 is 0 Å². The fourth-order valence-corrected chi connectivity index (χ4v) is 3.58. The van der Waals surface area contributed by atoms with Crippen LogP contribution in [-0.4, -0.2) is 29.9 Å². The number of rotatable bonds is 6. The fourth-order valence-electron chi connectivity index (χ4n) is 3.58. The Bertz CT molecular complexity index is 468. The van der Waals surface area contributed by atoms with E-state index in [2.05, 4.69) is 68.2 Å². The third kappa shape index (κ3) is 5.35. The lowest BCUT2D eigenvalue weighted by molar-refractivity contribution is -0.127. The first-order chi connectivity index (χ1) is 11.0. The molecule has 1 aliphatic rings. The summed E-state index contributed by atoms with van der Waals surface area (Å²) in [6, 6.07) is 10.9. The molecule has 0 aromatic heterocycles. The molecule has 3 nitrogen and oxygen atoms in total. The van der Waals surface area contributed by atoms with Crippen molar-refractivity contribution in [2.45, 2.75) is 53.1 Å². The molecule has 0 unspecified atom stereocenters. The molecule has 0 saturated carbocycles. The zero-order valence-electron chi connectivity index (χ0n) is 15.1. The van der Waals surface area contributed by atoms with Gasteiger partial charge in [-0.05, 0) is 43.3 Å². The molecule has 3 heteroatoms. The molecule has 1 aromatic carbocycles. The van der Waals surface area contributed by atoms with Crippen molar-refractivity contribution in [2.75, 3.05) is 13.1 Å². The highest BCUT2D eigenvalue weighted by Gasteiger charge is 2.28. The van der Waals surface area contributed by atoms with Crippen LogP contribution in [0.25, 0.3) is 0 Å². The zero-order valence-corrected chi connectivity index (χ0v) is 15.1. The highest BCUT2D eigenvalue weighted by Crippen LogP contribution is 2.21. The summed E-state index contributed by atoms with van der Waals surface area (Å²) in [5.41, 5.74) is 1.36. The number of nitrogens with one attached hydrogen (secondary N) is 1. The second kappa shape index (κ2) is 8.49. The molecule has 1 N–H and O–H groups in total. The van der Waals surface area contributed by atoms with E-state index in [-0.39, 0.29) is 17.9 Å². The van der Waals surface area contributed by atoms with Gasteiger partial charge in [0.25, 0.3) is 0 Å². The molecule has 1 amide bonds. The van der Waals surface area contributed by atoms with E-state index < -0.39 is 0 Å². The number of hydrogen-bond acceptors (Lipinski definition) is 2. The van der Waals surface area contributed by atoms with Crippen molar-refractivity contribution in [1.82, 2.24) is 10.2 Å². The first kappa shape index (κ1) is 18.0. The van der Waals surface area contributed by atoms with Crippen LogP contribution >= 0.6 is 0 Å². The molecule has 1 aliphatic heterocycles. The predicted octanol–water partition coefficient (Wildman–Crippen LogP) is 3.70. The molecule has 0 radical (unpaired) electrons. The van der Waals surface area contributed by atoms with Crippen molar-refractivity contribution in [3.05, 3.63) is 35.9 Å². The van der Waals surface area contributed by atoms with Crippen molar-refractivity contribution >= 4 is 5.91 Å². The quantitative estimate of drug-likeness (QED) is 0.868. The second-order valence-electron chi connectivity index (χ2n) is 7.56. The Morgan fingerprint density at radius 1 is 1.09 bits per heavy atom. The van der Waals surface area contributed by atoms with Gasteiger partial charge < -0.3 is 5.32 Å². The van der Waals surface area contributed by atoms with Gasteiger partial charge in [-0.1, -0.05) is 58.0 Å². The van der Waals surface area contributed by atoms with Crippen molar-refractivity contribution < 1.29 is 4.79 Å². The van der Waals surface area contributed by atoms with Crippen molar-refractivity contribution in [3.8, 4) is 0 Å². The van der Waals surface area contributed by atoms with Gasteiger partial charge in [-0.3, -0.25) is 9.69 Å². The zero-order chi connectivity index (χ0) is 16.8. The molecule has 1 heterocycles. The van der Waals surface area contributed by atoms with E-state index in [4.69, 9.17) is 0 Å². The normalized spacial score (nSPS) is 17.2. The molecule has 0 atom stereocenters. The average Bonchev–Trinajstić information content (AvgIpc) is 2.53. The number of hydrogen-bond donors (Lipinski definition) is 1. The minimum Gasteiger partial charge on any atom is -0.353 e. The molecule has 0 aliphatic carbocycles. The van der Waals surface area contributed by atoms with Crippen LogP contribution in [-0.2, 0) is 11.3 Å². The van der Waals surface area contributed by atoms with Gasteiger partial charge >= 0.3 is 0 Å². The number of amides is 1. The SMILES string of the molecule is CC(C)C(NC(=O)C1CCN(Cc2ccccc2)CC1)C(C)C. The summed E-state index contributed by atoms with van der Waals surface area (Å²) in [7, 11) is 0. The number of carbonyl (C=O) groups excluding carboxylic acids is 1. The largest absolute Gasteiger partial charge is 0.353 e. The van der Waals surface area contributed by atoms with Gasteiger partial charge in [-0.15, -0.1) is 0 Å². The summed E-state index contributed by atoms with van der Waals surface area (Å²) in [6.45, 7) is 11.8. The maximum Gasteiger partial charge on any atom is 0.223 e.